The van der Waals surface area contributed by atoms with E-state index in [0.29, 0.717) is 27.1 Å². The third kappa shape index (κ3) is 5.76. The number of esters is 1. The van der Waals surface area contributed by atoms with Crippen LogP contribution >= 0.6 is 35.4 Å². The van der Waals surface area contributed by atoms with Gasteiger partial charge in [0.15, 0.2) is 5.11 Å². The molecule has 0 aromatic heterocycles. The maximum Gasteiger partial charge on any atom is 0.338 e. The number of anilines is 2. The van der Waals surface area contributed by atoms with Crippen LogP contribution in [0.5, 0.6) is 0 Å². The Labute approximate surface area is 208 Å². The summed E-state index contributed by atoms with van der Waals surface area (Å²) in [5.74, 6) is -0.408. The summed E-state index contributed by atoms with van der Waals surface area (Å²) in [6.45, 7) is 5.43. The predicted molar refractivity (Wildman–Crippen MR) is 136 cm³/mol. The fourth-order valence-electron chi connectivity index (χ4n) is 3.27. The molecule has 2 amide bonds. The third-order valence-electron chi connectivity index (χ3n) is 5.02. The molecule has 1 heterocycles. The SMILES string of the molecule is CC1=C(C(=O)OC(C)C)C(c2ccc(NC(=O)Nc3cccc(Cl)c3Cl)cc2)NC(=S)N1C. The summed E-state index contributed by atoms with van der Waals surface area (Å²) in [5, 5.41) is 9.70. The normalized spacial score (nSPS) is 15.9. The molecule has 7 nitrogen and oxygen atoms in total. The summed E-state index contributed by atoms with van der Waals surface area (Å²) in [4.78, 5) is 26.9. The number of nitrogens with one attached hydrogen (secondary N) is 3. The highest BCUT2D eigenvalue weighted by Gasteiger charge is 2.33. The second-order valence-corrected chi connectivity index (χ2v) is 8.87. The molecule has 0 radical (unpaired) electrons. The van der Waals surface area contributed by atoms with Crippen LogP contribution in [-0.4, -0.2) is 35.2 Å². The van der Waals surface area contributed by atoms with Gasteiger partial charge in [0, 0.05) is 18.4 Å². The topological polar surface area (TPSA) is 82.7 Å². The lowest BCUT2D eigenvalue weighted by Crippen LogP contribution is -2.46. The van der Waals surface area contributed by atoms with Gasteiger partial charge in [-0.15, -0.1) is 0 Å². The van der Waals surface area contributed by atoms with Gasteiger partial charge in [-0.05, 0) is 62.8 Å². The van der Waals surface area contributed by atoms with Crippen LogP contribution in [0.2, 0.25) is 10.0 Å². The van der Waals surface area contributed by atoms with Crippen molar-refractivity contribution in [1.82, 2.24) is 10.2 Å². The Bertz CT molecular complexity index is 1120. The Morgan fingerprint density at radius 1 is 1.12 bits per heavy atom. The van der Waals surface area contributed by atoms with E-state index in [1.807, 2.05) is 19.1 Å². The van der Waals surface area contributed by atoms with Gasteiger partial charge in [0.1, 0.15) is 0 Å². The van der Waals surface area contributed by atoms with Crippen molar-refractivity contribution in [3.05, 3.63) is 69.3 Å². The summed E-state index contributed by atoms with van der Waals surface area (Å²) in [6.07, 6.45) is -0.254. The molecule has 174 valence electrons. The molecule has 0 fully saturated rings. The maximum absolute atomic E-state index is 12.8. The van der Waals surface area contributed by atoms with Crippen LogP contribution in [0.15, 0.2) is 53.7 Å². The van der Waals surface area contributed by atoms with Gasteiger partial charge in [0.2, 0.25) is 0 Å². The number of rotatable bonds is 5. The molecule has 3 rings (SSSR count). The number of nitrogens with zero attached hydrogens (tertiary/aromatic N) is 1. The molecule has 3 N–H and O–H groups in total. The van der Waals surface area contributed by atoms with Gasteiger partial charge in [-0.2, -0.15) is 0 Å². The Balaban J connectivity index is 1.78. The second kappa shape index (κ2) is 10.4. The molecule has 0 spiro atoms. The van der Waals surface area contributed by atoms with E-state index in [4.69, 9.17) is 40.2 Å². The van der Waals surface area contributed by atoms with E-state index in [2.05, 4.69) is 16.0 Å². The largest absolute Gasteiger partial charge is 0.459 e. The van der Waals surface area contributed by atoms with Crippen molar-refractivity contribution in [2.45, 2.75) is 32.9 Å². The fourth-order valence-corrected chi connectivity index (χ4v) is 3.87. The zero-order valence-electron chi connectivity index (χ0n) is 18.5. The molecule has 1 atom stereocenters. The van der Waals surface area contributed by atoms with Gasteiger partial charge < -0.3 is 25.6 Å². The molecule has 2 aromatic carbocycles. The number of thiocarbonyl (C=S) groups is 1. The average Bonchev–Trinajstić information content (AvgIpc) is 2.75. The van der Waals surface area contributed by atoms with E-state index in [0.717, 1.165) is 11.3 Å². The van der Waals surface area contributed by atoms with E-state index in [9.17, 15) is 9.59 Å². The Morgan fingerprint density at radius 3 is 2.42 bits per heavy atom. The van der Waals surface area contributed by atoms with E-state index in [1.165, 1.54) is 0 Å². The zero-order valence-corrected chi connectivity index (χ0v) is 20.9. The maximum atomic E-state index is 12.8. The van der Waals surface area contributed by atoms with Crippen LogP contribution in [-0.2, 0) is 9.53 Å². The van der Waals surface area contributed by atoms with Crippen LogP contribution in [0, 0.1) is 0 Å². The smallest absolute Gasteiger partial charge is 0.338 e. The van der Waals surface area contributed by atoms with Gasteiger partial charge in [-0.25, -0.2) is 9.59 Å². The lowest BCUT2D eigenvalue weighted by molar-refractivity contribution is -0.143. The van der Waals surface area contributed by atoms with Crippen molar-refractivity contribution in [2.24, 2.45) is 0 Å². The zero-order chi connectivity index (χ0) is 24.3. The number of hydrogen-bond donors (Lipinski definition) is 3. The van der Waals surface area contributed by atoms with Crippen molar-refractivity contribution < 1.29 is 14.3 Å². The highest BCUT2D eigenvalue weighted by molar-refractivity contribution is 7.80. The van der Waals surface area contributed by atoms with Crippen molar-refractivity contribution in [1.29, 1.82) is 0 Å². The summed E-state index contributed by atoms with van der Waals surface area (Å²) in [6, 6.07) is 11.1. The molecule has 0 aliphatic carbocycles. The molecule has 1 aliphatic rings. The number of hydrogen-bond acceptors (Lipinski definition) is 4. The average molecular weight is 507 g/mol. The highest BCUT2D eigenvalue weighted by Crippen LogP contribution is 2.32. The molecule has 0 saturated heterocycles. The summed E-state index contributed by atoms with van der Waals surface area (Å²) < 4.78 is 5.45. The molecule has 2 aromatic rings. The highest BCUT2D eigenvalue weighted by atomic mass is 35.5. The standard InChI is InChI=1S/C23H24Cl2N4O3S/c1-12(2)32-21(30)18-13(3)29(4)23(33)28-20(18)14-8-10-15(11-9-14)26-22(31)27-17-7-5-6-16(24)19(17)25/h5-12,20H,1-4H3,(H,28,33)(H2,26,27,31). The van der Waals surface area contributed by atoms with Crippen molar-refractivity contribution in [3.63, 3.8) is 0 Å². The Morgan fingerprint density at radius 2 is 1.79 bits per heavy atom. The van der Waals surface area contributed by atoms with Crippen LogP contribution in [0.3, 0.4) is 0 Å². The van der Waals surface area contributed by atoms with Gasteiger partial charge in [-0.1, -0.05) is 41.4 Å². The van der Waals surface area contributed by atoms with E-state index >= 15 is 0 Å². The number of amides is 2. The van der Waals surface area contributed by atoms with Crippen LogP contribution in [0.1, 0.15) is 32.4 Å². The number of benzene rings is 2. The molecule has 33 heavy (non-hydrogen) atoms. The minimum Gasteiger partial charge on any atom is -0.459 e. The first-order valence-corrected chi connectivity index (χ1v) is 11.3. The van der Waals surface area contributed by atoms with E-state index < -0.39 is 18.0 Å². The Kier molecular flexibility index (Phi) is 7.84. The molecular formula is C23H24Cl2N4O3S. The van der Waals surface area contributed by atoms with Gasteiger partial charge in [0.05, 0.1) is 33.5 Å². The molecule has 10 heteroatoms. The quantitative estimate of drug-likeness (QED) is 0.355. The van der Waals surface area contributed by atoms with Crippen LogP contribution in [0.25, 0.3) is 0 Å². The summed E-state index contributed by atoms with van der Waals surface area (Å²) >= 11 is 17.5. The molecule has 1 aliphatic heterocycles. The lowest BCUT2D eigenvalue weighted by atomic mass is 9.95. The molecule has 0 saturated carbocycles. The van der Waals surface area contributed by atoms with Gasteiger partial charge >= 0.3 is 12.0 Å². The monoisotopic (exact) mass is 506 g/mol. The molecular weight excluding hydrogens is 483 g/mol. The lowest BCUT2D eigenvalue weighted by Gasteiger charge is -2.35. The van der Waals surface area contributed by atoms with Crippen molar-refractivity contribution in [3.8, 4) is 0 Å². The van der Waals surface area contributed by atoms with Crippen LogP contribution < -0.4 is 16.0 Å². The number of carbonyl (C=O) groups excluding carboxylic acids is 2. The fraction of sp³-hybridized carbons (Fsp3) is 0.261. The second-order valence-electron chi connectivity index (χ2n) is 7.70. The number of urea groups is 1. The van der Waals surface area contributed by atoms with Crippen molar-refractivity contribution >= 4 is 63.9 Å². The first-order chi connectivity index (χ1) is 15.6. The molecule has 1 unspecified atom stereocenters. The van der Waals surface area contributed by atoms with E-state index in [-0.39, 0.29) is 11.1 Å². The van der Waals surface area contributed by atoms with Gasteiger partial charge in [0.25, 0.3) is 0 Å². The van der Waals surface area contributed by atoms with Crippen LogP contribution in [0.4, 0.5) is 16.2 Å². The number of carbonyl (C=O) groups is 2. The summed E-state index contributed by atoms with van der Waals surface area (Å²) in [5.41, 5.74) is 2.95. The number of halogens is 2. The first kappa shape index (κ1) is 24.8. The molecule has 0 bridgehead atoms. The Hall–Kier alpha value is -2.81. The minimum atomic E-state index is -0.479. The van der Waals surface area contributed by atoms with E-state index in [1.54, 1.807) is 56.1 Å². The third-order valence-corrected chi connectivity index (χ3v) is 6.23. The van der Waals surface area contributed by atoms with Gasteiger partial charge in [-0.3, -0.25) is 0 Å². The number of ether oxygens (including phenoxy) is 1. The minimum absolute atomic E-state index is 0.254. The number of allylic oxidation sites excluding steroid dienone is 1. The first-order valence-electron chi connectivity index (χ1n) is 10.2. The summed E-state index contributed by atoms with van der Waals surface area (Å²) in [7, 11) is 1.79. The van der Waals surface area contributed by atoms with Crippen molar-refractivity contribution in [2.75, 3.05) is 17.7 Å². The predicted octanol–water partition coefficient (Wildman–Crippen LogP) is 5.72.